The van der Waals surface area contributed by atoms with Crippen LogP contribution in [0.4, 0.5) is 0 Å². The van der Waals surface area contributed by atoms with Crippen molar-refractivity contribution in [3.05, 3.63) is 0 Å². The van der Waals surface area contributed by atoms with Crippen molar-refractivity contribution in [2.75, 3.05) is 0 Å². The van der Waals surface area contributed by atoms with Gasteiger partial charge in [-0.15, -0.1) is 0 Å². The maximum atomic E-state index is 12.2. The van der Waals surface area contributed by atoms with Gasteiger partial charge in [-0.3, -0.25) is 9.59 Å². The third-order valence-electron chi connectivity index (χ3n) is 6.42. The van der Waals surface area contributed by atoms with E-state index in [1.807, 2.05) is 0 Å². The van der Waals surface area contributed by atoms with Crippen LogP contribution in [0.2, 0.25) is 0 Å². The van der Waals surface area contributed by atoms with Crippen LogP contribution < -0.4 is 0 Å². The number of Topliss-reactive ketones (excluding diaryl/α,β-unsaturated/α-hetero) is 2. The van der Waals surface area contributed by atoms with Gasteiger partial charge in [-0.25, -0.2) is 0 Å². The molecule has 0 aromatic carbocycles. The average molecular weight is 188 g/mol. The summed E-state index contributed by atoms with van der Waals surface area (Å²) in [4.78, 5) is 24.3. The summed E-state index contributed by atoms with van der Waals surface area (Å²) in [6.07, 6.45) is 1.20. The molecule has 0 spiro atoms. The first kappa shape index (κ1) is 6.76. The third kappa shape index (κ3) is 0.322. The molecule has 0 amide bonds. The van der Waals surface area contributed by atoms with E-state index in [1.54, 1.807) is 0 Å². The van der Waals surface area contributed by atoms with Crippen molar-refractivity contribution in [1.82, 2.24) is 0 Å². The Morgan fingerprint density at radius 1 is 1.21 bits per heavy atom. The molecule has 2 bridgehead atoms. The van der Waals surface area contributed by atoms with Crippen LogP contribution in [0.3, 0.4) is 0 Å². The molecule has 0 N–H and O–H groups in total. The van der Waals surface area contributed by atoms with Crippen molar-refractivity contribution in [2.24, 2.45) is 46.8 Å². The van der Waals surface area contributed by atoms with Crippen molar-refractivity contribution in [3.8, 4) is 0 Å². The lowest BCUT2D eigenvalue weighted by atomic mass is 9.49. The number of rotatable bonds is 0. The van der Waals surface area contributed by atoms with Crippen LogP contribution in [0.25, 0.3) is 0 Å². The van der Waals surface area contributed by atoms with Crippen LogP contribution in [0.15, 0.2) is 0 Å². The zero-order chi connectivity index (χ0) is 9.40. The Bertz CT molecular complexity index is 422. The van der Waals surface area contributed by atoms with Gasteiger partial charge >= 0.3 is 0 Å². The first-order valence-electron chi connectivity index (χ1n) is 5.75. The van der Waals surface area contributed by atoms with Crippen LogP contribution in [-0.2, 0) is 9.59 Å². The molecule has 5 aliphatic carbocycles. The predicted octanol–water partition coefficient (Wildman–Crippen LogP) is 0.902. The molecular weight excluding hydrogens is 176 g/mol. The van der Waals surface area contributed by atoms with Crippen LogP contribution in [0, 0.1) is 46.8 Å². The van der Waals surface area contributed by atoms with Crippen LogP contribution in [-0.4, -0.2) is 11.6 Å². The number of carbonyl (C=O) groups is 2. The Balaban J connectivity index is 1.93. The number of ketones is 2. The van der Waals surface area contributed by atoms with Crippen LogP contribution in [0.1, 0.15) is 13.3 Å². The number of hydrogen-bond donors (Lipinski definition) is 0. The van der Waals surface area contributed by atoms with Crippen molar-refractivity contribution in [3.63, 3.8) is 0 Å². The minimum atomic E-state index is -0.182. The summed E-state index contributed by atoms with van der Waals surface area (Å²) in [5.74, 6) is 4.00. The molecule has 0 unspecified atom stereocenters. The highest BCUT2D eigenvalue weighted by atomic mass is 16.1. The summed E-state index contributed by atoms with van der Waals surface area (Å²) in [5, 5.41) is 0. The second-order valence-electron chi connectivity index (χ2n) is 6.25. The van der Waals surface area contributed by atoms with E-state index in [0.29, 0.717) is 35.2 Å². The summed E-state index contributed by atoms with van der Waals surface area (Å²) in [7, 11) is 0. The van der Waals surface area contributed by atoms with Gasteiger partial charge in [0.15, 0.2) is 0 Å². The molecule has 14 heavy (non-hydrogen) atoms. The predicted molar refractivity (Wildman–Crippen MR) is 47.2 cm³/mol. The molecule has 5 rings (SSSR count). The molecule has 72 valence electrons. The second-order valence-corrected chi connectivity index (χ2v) is 6.25. The van der Waals surface area contributed by atoms with Gasteiger partial charge in [0.1, 0.15) is 11.6 Å². The third-order valence-corrected chi connectivity index (χ3v) is 6.42. The Hall–Kier alpha value is -0.660. The highest BCUT2D eigenvalue weighted by Gasteiger charge is 2.88. The molecule has 0 radical (unpaired) electrons. The van der Waals surface area contributed by atoms with E-state index in [4.69, 9.17) is 0 Å². The number of hydrogen-bond acceptors (Lipinski definition) is 2. The fourth-order valence-corrected chi connectivity index (χ4v) is 6.36. The fraction of sp³-hybridized carbons (Fsp3) is 0.833. The zero-order valence-corrected chi connectivity index (χ0v) is 8.07. The molecule has 5 fully saturated rings. The van der Waals surface area contributed by atoms with Gasteiger partial charge in [-0.1, -0.05) is 6.92 Å². The van der Waals surface area contributed by atoms with Gasteiger partial charge in [0.05, 0.1) is 0 Å². The van der Waals surface area contributed by atoms with Gasteiger partial charge < -0.3 is 0 Å². The standard InChI is InChI=1S/C12H12O2/c1-12-8-4-2-3-5(6(4)11(12)14)10(13)9(12)7(3)8/h3-9H,2H2,1H3/t3-,4+,5-,6+,7-,8+,9+,12-/m0/s1. The Labute approximate surface area is 82.0 Å². The Kier molecular flexibility index (Phi) is 0.689. The number of fused-ring (bicyclic) bond motifs is 2. The fourth-order valence-electron chi connectivity index (χ4n) is 6.36. The summed E-state index contributed by atoms with van der Waals surface area (Å²) in [5.41, 5.74) is -0.182. The Morgan fingerprint density at radius 2 is 2.00 bits per heavy atom. The van der Waals surface area contributed by atoms with Crippen LogP contribution >= 0.6 is 0 Å². The monoisotopic (exact) mass is 188 g/mol. The van der Waals surface area contributed by atoms with Crippen molar-refractivity contribution >= 4 is 11.6 Å². The highest BCUT2D eigenvalue weighted by Crippen LogP contribution is 2.84. The normalized spacial score (nSPS) is 75.1. The van der Waals surface area contributed by atoms with E-state index < -0.39 is 0 Å². The quantitative estimate of drug-likeness (QED) is 0.566. The average Bonchev–Trinajstić information content (AvgIpc) is 2.67. The van der Waals surface area contributed by atoms with E-state index in [9.17, 15) is 9.59 Å². The second kappa shape index (κ2) is 1.43. The lowest BCUT2D eigenvalue weighted by Crippen LogP contribution is -2.57. The minimum absolute atomic E-state index is 0.166. The maximum Gasteiger partial charge on any atom is 0.143 e. The first-order chi connectivity index (χ1) is 6.67. The maximum absolute atomic E-state index is 12.2. The molecule has 0 saturated heterocycles. The topological polar surface area (TPSA) is 34.1 Å². The van der Waals surface area contributed by atoms with Gasteiger partial charge in [0.25, 0.3) is 0 Å². The lowest BCUT2D eigenvalue weighted by molar-refractivity contribution is -0.158. The molecule has 8 atom stereocenters. The molecule has 2 nitrogen and oxygen atoms in total. The summed E-state index contributed by atoms with van der Waals surface area (Å²) in [6.45, 7) is 2.08. The van der Waals surface area contributed by atoms with E-state index in [1.165, 1.54) is 6.42 Å². The smallest absolute Gasteiger partial charge is 0.143 e. The molecular formula is C12H12O2. The van der Waals surface area contributed by atoms with E-state index in [2.05, 4.69) is 6.92 Å². The first-order valence-corrected chi connectivity index (χ1v) is 5.75. The van der Waals surface area contributed by atoms with Crippen molar-refractivity contribution in [2.45, 2.75) is 13.3 Å². The van der Waals surface area contributed by atoms with Gasteiger partial charge in [0.2, 0.25) is 0 Å². The Morgan fingerprint density at radius 3 is 2.79 bits per heavy atom. The molecule has 5 aliphatic rings. The van der Waals surface area contributed by atoms with E-state index in [-0.39, 0.29) is 23.2 Å². The van der Waals surface area contributed by atoms with Gasteiger partial charge in [0, 0.05) is 23.2 Å². The van der Waals surface area contributed by atoms with Gasteiger partial charge in [-0.05, 0) is 30.1 Å². The lowest BCUT2D eigenvalue weighted by Gasteiger charge is -2.51. The van der Waals surface area contributed by atoms with Crippen molar-refractivity contribution in [1.29, 1.82) is 0 Å². The molecule has 0 heterocycles. The van der Waals surface area contributed by atoms with E-state index >= 15 is 0 Å². The molecule has 0 aromatic heterocycles. The molecule has 5 saturated carbocycles. The summed E-state index contributed by atoms with van der Waals surface area (Å²) < 4.78 is 0. The molecule has 2 heteroatoms. The zero-order valence-electron chi connectivity index (χ0n) is 8.07. The summed E-state index contributed by atoms with van der Waals surface area (Å²) in [6, 6.07) is 0. The SMILES string of the molecule is C[C@@]12C(=O)[C@@H]3[C@H]4C[C@H]5[C@@H]3C(=O)[C@H]1[C@@H]5[C@@H]42. The molecule has 0 aliphatic heterocycles. The van der Waals surface area contributed by atoms with Gasteiger partial charge in [-0.2, -0.15) is 0 Å². The largest absolute Gasteiger partial charge is 0.299 e. The van der Waals surface area contributed by atoms with Crippen molar-refractivity contribution < 1.29 is 9.59 Å². The van der Waals surface area contributed by atoms with E-state index in [0.717, 1.165) is 0 Å². The minimum Gasteiger partial charge on any atom is -0.299 e. The number of carbonyl (C=O) groups excluding carboxylic acids is 2. The van der Waals surface area contributed by atoms with Crippen LogP contribution in [0.5, 0.6) is 0 Å². The molecule has 0 aromatic rings. The summed E-state index contributed by atoms with van der Waals surface area (Å²) >= 11 is 0. The highest BCUT2D eigenvalue weighted by molar-refractivity contribution is 6.08.